The van der Waals surface area contributed by atoms with Gasteiger partial charge in [-0.3, -0.25) is 0 Å². The monoisotopic (exact) mass is 1120 g/mol. The van der Waals surface area contributed by atoms with E-state index in [9.17, 15) is 5.02 Å². The average Bonchev–Trinajstić information content (AvgIpc) is 4.10. The van der Waals surface area contributed by atoms with Gasteiger partial charge < -0.3 is 9.68 Å². The van der Waals surface area contributed by atoms with Gasteiger partial charge in [0, 0.05) is 31.6 Å². The normalized spacial score (nSPS) is 13.2. The highest BCUT2D eigenvalue weighted by Gasteiger charge is 2.39. The molecular weight excluding hydrogens is 1060 g/mol. The molecule has 0 heterocycles. The number of hydrogen-bond donors (Lipinski definition) is 1. The first-order valence-electron chi connectivity index (χ1n) is 28.2. The zero-order valence-corrected chi connectivity index (χ0v) is 47.8. The van der Waals surface area contributed by atoms with Crippen LogP contribution in [0.15, 0.2) is 271 Å². The molecule has 16 rings (SSSR count). The molecule has 0 saturated heterocycles. The predicted octanol–water partition coefficient (Wildman–Crippen LogP) is 21.3. The summed E-state index contributed by atoms with van der Waals surface area (Å²) >= 11 is 3.75. The van der Waals surface area contributed by atoms with Gasteiger partial charge in [-0.2, -0.15) is 0 Å². The van der Waals surface area contributed by atoms with Crippen molar-refractivity contribution in [1.29, 1.82) is 0 Å². The van der Waals surface area contributed by atoms with Gasteiger partial charge in [-0.25, -0.2) is 0 Å². The maximum Gasteiger partial charge on any atom is 0.569 e. The molecule has 0 fully saturated rings. The van der Waals surface area contributed by atoms with Crippen LogP contribution < -0.4 is 4.65 Å². The van der Waals surface area contributed by atoms with E-state index in [2.05, 4.69) is 256 Å². The van der Waals surface area contributed by atoms with Crippen molar-refractivity contribution in [2.45, 2.75) is 38.5 Å². The van der Waals surface area contributed by atoms with Gasteiger partial charge >= 0.3 is 7.69 Å². The molecule has 0 aromatic heterocycles. The Balaban J connectivity index is 0.000000119. The molecule has 2 nitrogen and oxygen atoms in total. The number of fused-ring (bicyclic) bond motifs is 14. The van der Waals surface area contributed by atoms with Gasteiger partial charge in [-0.15, -0.1) is 0 Å². The van der Waals surface area contributed by atoms with Crippen LogP contribution in [0.5, 0.6) is 5.75 Å². The molecule has 0 saturated carbocycles. The molecule has 1 N–H and O–H groups in total. The Morgan fingerprint density at radius 1 is 0.293 bits per heavy atom. The van der Waals surface area contributed by atoms with Crippen molar-refractivity contribution in [3.05, 3.63) is 294 Å². The van der Waals surface area contributed by atoms with E-state index in [1.165, 1.54) is 125 Å². The van der Waals surface area contributed by atoms with Crippen molar-refractivity contribution in [3.8, 4) is 61.4 Å². The van der Waals surface area contributed by atoms with Crippen molar-refractivity contribution < 1.29 is 9.68 Å². The molecule has 82 heavy (non-hydrogen) atoms. The summed E-state index contributed by atoms with van der Waals surface area (Å²) in [6.07, 6.45) is 0. The van der Waals surface area contributed by atoms with E-state index < -0.39 is 0 Å². The third-order valence-corrected chi connectivity index (χ3v) is 18.2. The highest BCUT2D eigenvalue weighted by molar-refractivity contribution is 9.10. The molecule has 2 aliphatic carbocycles. The molecule has 391 valence electrons. The second-order valence-corrected chi connectivity index (χ2v) is 23.5. The molecule has 0 aliphatic heterocycles. The number of hydrogen-bond acceptors (Lipinski definition) is 2. The molecule has 2 aliphatic rings. The van der Waals surface area contributed by atoms with Gasteiger partial charge in [0.15, 0.2) is 0 Å². The fourth-order valence-corrected chi connectivity index (χ4v) is 14.3. The van der Waals surface area contributed by atoms with E-state index in [0.29, 0.717) is 5.75 Å². The van der Waals surface area contributed by atoms with Crippen molar-refractivity contribution in [2.24, 2.45) is 0 Å². The Labute approximate surface area is 488 Å². The molecule has 14 aromatic carbocycles. The molecule has 0 amide bonds. The minimum atomic E-state index is -0.0692. The molecule has 0 unspecified atom stereocenters. The summed E-state index contributed by atoms with van der Waals surface area (Å²) in [7, 11) is 0.746. The van der Waals surface area contributed by atoms with E-state index in [1.54, 1.807) is 0 Å². The lowest BCUT2D eigenvalue weighted by atomic mass is 9.80. The SMILES string of the molecule is CC1(C)c2cccc(-c3c4ccccc4c(-c4ccccc4)c4ccccc34)c2-c2c1ccc1ccccc21.CC1(C)c2cccc(Br)c2-c2c1ccc1ccccc21.O[B]Oc1c2ccccc2c(-c2ccccc2)c2ccccc12. The fraction of sp³-hybridized carbons (Fsp3) is 0.0769. The van der Waals surface area contributed by atoms with E-state index >= 15 is 0 Å². The Morgan fingerprint density at radius 2 is 0.634 bits per heavy atom. The number of benzene rings is 14. The van der Waals surface area contributed by atoms with Crippen molar-refractivity contribution in [2.75, 3.05) is 0 Å². The van der Waals surface area contributed by atoms with Crippen LogP contribution in [0.1, 0.15) is 49.9 Å². The molecule has 4 heteroatoms. The van der Waals surface area contributed by atoms with Crippen LogP contribution in [-0.4, -0.2) is 12.7 Å². The molecule has 1 radical (unpaired) electrons. The summed E-state index contributed by atoms with van der Waals surface area (Å²) in [6, 6.07) is 95.6. The standard InChI is InChI=1S/C39H28.C20H14BO2.C19H15Br/c1-39(2)33-22-12-21-32(38(33)37-27-16-7-6-13-25(27)23-24-34(37)39)36-30-19-10-8-17-28(30)35(26-14-4-3-5-15-26)29-18-9-11-20-31(29)36;22-21-23-20-17-12-6-4-10-15(17)19(14-8-2-1-3-9-14)16-11-5-7-13-18(16)20;1-19(2)14-8-5-9-16(20)18(14)17-13-7-4-3-6-12(13)10-11-15(17)19/h3-24H,1-2H3;1-13,22H;3-11H,1-2H3. The van der Waals surface area contributed by atoms with Crippen molar-refractivity contribution in [1.82, 2.24) is 0 Å². The topological polar surface area (TPSA) is 29.5 Å². The van der Waals surface area contributed by atoms with Crippen LogP contribution in [0.2, 0.25) is 0 Å². The lowest BCUT2D eigenvalue weighted by Crippen LogP contribution is -2.14. The molecule has 0 spiro atoms. The van der Waals surface area contributed by atoms with Crippen LogP contribution in [0.25, 0.3) is 120 Å². The highest BCUT2D eigenvalue weighted by atomic mass is 79.9. The second kappa shape index (κ2) is 20.5. The third-order valence-electron chi connectivity index (χ3n) is 17.5. The zero-order chi connectivity index (χ0) is 55.7. The average molecular weight is 1120 g/mol. The zero-order valence-electron chi connectivity index (χ0n) is 46.2. The van der Waals surface area contributed by atoms with Crippen LogP contribution in [0.4, 0.5) is 0 Å². The Hall–Kier alpha value is -9.06. The van der Waals surface area contributed by atoms with E-state index in [-0.39, 0.29) is 10.8 Å². The lowest BCUT2D eigenvalue weighted by Gasteiger charge is -2.22. The number of rotatable bonds is 5. The molecule has 0 bridgehead atoms. The van der Waals surface area contributed by atoms with Gasteiger partial charge in [0.05, 0.1) is 0 Å². The largest absolute Gasteiger partial charge is 0.569 e. The van der Waals surface area contributed by atoms with Crippen LogP contribution in [-0.2, 0) is 10.8 Å². The maximum absolute atomic E-state index is 9.18. The first kappa shape index (κ1) is 51.1. The van der Waals surface area contributed by atoms with Gasteiger partial charge in [-0.1, -0.05) is 304 Å². The summed E-state index contributed by atoms with van der Waals surface area (Å²) in [5.74, 6) is 0.679. The number of halogens is 1. The fourth-order valence-electron chi connectivity index (χ4n) is 13.8. The summed E-state index contributed by atoms with van der Waals surface area (Å²) < 4.78 is 6.65. The Kier molecular flexibility index (Phi) is 12.8. The lowest BCUT2D eigenvalue weighted by molar-refractivity contribution is 0.459. The first-order chi connectivity index (χ1) is 40.1. The quantitative estimate of drug-likeness (QED) is 0.137. The van der Waals surface area contributed by atoms with E-state index in [1.807, 2.05) is 54.6 Å². The third kappa shape index (κ3) is 8.18. The van der Waals surface area contributed by atoms with Crippen LogP contribution >= 0.6 is 15.9 Å². The van der Waals surface area contributed by atoms with Crippen LogP contribution in [0.3, 0.4) is 0 Å². The van der Waals surface area contributed by atoms with Gasteiger partial charge in [-0.05, 0) is 132 Å². The van der Waals surface area contributed by atoms with Gasteiger partial charge in [0.2, 0.25) is 0 Å². The maximum atomic E-state index is 9.18. The molecule has 14 aromatic rings. The summed E-state index contributed by atoms with van der Waals surface area (Å²) in [6.45, 7) is 9.40. The van der Waals surface area contributed by atoms with Crippen LogP contribution in [0, 0.1) is 0 Å². The van der Waals surface area contributed by atoms with E-state index in [0.717, 1.165) is 29.2 Å². The minimum Gasteiger partial charge on any atom is -0.537 e. The van der Waals surface area contributed by atoms with Crippen molar-refractivity contribution in [3.63, 3.8) is 0 Å². The highest BCUT2D eigenvalue weighted by Crippen LogP contribution is 2.57. The molecular formula is C78H57BBrO2. The summed E-state index contributed by atoms with van der Waals surface area (Å²) in [5, 5.41) is 23.8. The Morgan fingerprint density at radius 3 is 1.09 bits per heavy atom. The van der Waals surface area contributed by atoms with E-state index in [4.69, 9.17) is 4.65 Å². The Bertz CT molecular complexity index is 4720. The van der Waals surface area contributed by atoms with Gasteiger partial charge in [0.1, 0.15) is 5.75 Å². The summed E-state index contributed by atoms with van der Waals surface area (Å²) in [4.78, 5) is 0. The second-order valence-electron chi connectivity index (χ2n) is 22.7. The summed E-state index contributed by atoms with van der Waals surface area (Å²) in [5.41, 5.74) is 18.8. The van der Waals surface area contributed by atoms with Gasteiger partial charge in [0.25, 0.3) is 0 Å². The minimum absolute atomic E-state index is 0.0679. The molecule has 0 atom stereocenters. The predicted molar refractivity (Wildman–Crippen MR) is 352 cm³/mol. The first-order valence-corrected chi connectivity index (χ1v) is 29.0. The smallest absolute Gasteiger partial charge is 0.537 e. The van der Waals surface area contributed by atoms with Crippen molar-refractivity contribution >= 4 is 88.2 Å².